The van der Waals surface area contributed by atoms with Crippen LogP contribution in [0.3, 0.4) is 0 Å². The van der Waals surface area contributed by atoms with Crippen molar-refractivity contribution < 1.29 is 13.2 Å². The van der Waals surface area contributed by atoms with E-state index in [0.29, 0.717) is 12.0 Å². The van der Waals surface area contributed by atoms with Crippen LogP contribution in [0.2, 0.25) is 0 Å². The van der Waals surface area contributed by atoms with Crippen molar-refractivity contribution in [1.29, 1.82) is 0 Å². The molecule has 0 radical (unpaired) electrons. The number of aryl methyl sites for hydroxylation is 2. The fourth-order valence-corrected chi connectivity index (χ4v) is 4.93. The van der Waals surface area contributed by atoms with Gasteiger partial charge in [0.15, 0.2) is 9.84 Å². The van der Waals surface area contributed by atoms with Crippen LogP contribution in [0.15, 0.2) is 12.1 Å². The van der Waals surface area contributed by atoms with Gasteiger partial charge >= 0.3 is 0 Å². The Labute approximate surface area is 139 Å². The normalized spacial score (nSPS) is 20.5. The van der Waals surface area contributed by atoms with Crippen molar-refractivity contribution in [3.8, 4) is 0 Å². The lowest BCUT2D eigenvalue weighted by Crippen LogP contribution is -2.38. The number of nitrogens with zero attached hydrogens (tertiary/aromatic N) is 1. The molecule has 5 heteroatoms. The summed E-state index contributed by atoms with van der Waals surface area (Å²) in [6.07, 6.45) is 0.530. The number of hydrogen-bond donors (Lipinski definition) is 0. The lowest BCUT2D eigenvalue weighted by molar-refractivity contribution is 0.0746. The highest BCUT2D eigenvalue weighted by atomic mass is 32.2. The van der Waals surface area contributed by atoms with Gasteiger partial charge in [0.05, 0.1) is 11.5 Å². The summed E-state index contributed by atoms with van der Waals surface area (Å²) in [6, 6.07) is 3.92. The van der Waals surface area contributed by atoms with Gasteiger partial charge in [-0.25, -0.2) is 8.42 Å². The molecule has 128 valence electrons. The van der Waals surface area contributed by atoms with Crippen LogP contribution in [0.1, 0.15) is 54.2 Å². The molecule has 0 saturated carbocycles. The van der Waals surface area contributed by atoms with Crippen molar-refractivity contribution in [2.75, 3.05) is 18.6 Å². The number of amides is 1. The first-order valence-electron chi connectivity index (χ1n) is 8.02. The van der Waals surface area contributed by atoms with Gasteiger partial charge in [0.25, 0.3) is 5.91 Å². The summed E-state index contributed by atoms with van der Waals surface area (Å²) in [5, 5.41) is 0. The SMILES string of the molecule is Cc1cc(C(C)(C)C)cc(C)c1C(=O)N(C)C1CCS(=O)(=O)C1. The van der Waals surface area contributed by atoms with Crippen LogP contribution in [0, 0.1) is 13.8 Å². The monoisotopic (exact) mass is 337 g/mol. The Morgan fingerprint density at radius 3 is 2.09 bits per heavy atom. The van der Waals surface area contributed by atoms with E-state index in [4.69, 9.17) is 0 Å². The summed E-state index contributed by atoms with van der Waals surface area (Å²) in [5.74, 6) is 0.173. The zero-order valence-corrected chi connectivity index (χ0v) is 15.8. The Balaban J connectivity index is 2.33. The maximum Gasteiger partial charge on any atom is 0.254 e. The third kappa shape index (κ3) is 3.77. The second kappa shape index (κ2) is 5.93. The fourth-order valence-electron chi connectivity index (χ4n) is 3.16. The van der Waals surface area contributed by atoms with E-state index < -0.39 is 9.84 Å². The highest BCUT2D eigenvalue weighted by molar-refractivity contribution is 7.91. The van der Waals surface area contributed by atoms with Crippen LogP contribution in [0.5, 0.6) is 0 Å². The largest absolute Gasteiger partial charge is 0.338 e. The zero-order valence-electron chi connectivity index (χ0n) is 14.9. The van der Waals surface area contributed by atoms with Crippen LogP contribution < -0.4 is 0 Å². The van der Waals surface area contributed by atoms with E-state index in [1.807, 2.05) is 13.8 Å². The van der Waals surface area contributed by atoms with Crippen LogP contribution in [0.25, 0.3) is 0 Å². The maximum absolute atomic E-state index is 12.9. The Morgan fingerprint density at radius 2 is 1.70 bits per heavy atom. The van der Waals surface area contributed by atoms with Crippen molar-refractivity contribution in [2.24, 2.45) is 0 Å². The van der Waals surface area contributed by atoms with Gasteiger partial charge in [0.1, 0.15) is 0 Å². The van der Waals surface area contributed by atoms with Gasteiger partial charge in [-0.2, -0.15) is 0 Å². The van der Waals surface area contributed by atoms with Crippen molar-refractivity contribution >= 4 is 15.7 Å². The molecule has 0 N–H and O–H groups in total. The lowest BCUT2D eigenvalue weighted by Gasteiger charge is -2.27. The molecule has 1 atom stereocenters. The summed E-state index contributed by atoms with van der Waals surface area (Å²) in [6.45, 7) is 10.4. The molecule has 0 aliphatic carbocycles. The molecule has 4 nitrogen and oxygen atoms in total. The van der Waals surface area contributed by atoms with E-state index in [9.17, 15) is 13.2 Å². The van der Waals surface area contributed by atoms with Gasteiger partial charge in [-0.15, -0.1) is 0 Å². The minimum absolute atomic E-state index is 0.0303. The molecule has 2 rings (SSSR count). The highest BCUT2D eigenvalue weighted by Gasteiger charge is 2.34. The predicted octanol–water partition coefficient (Wildman–Crippen LogP) is 2.86. The van der Waals surface area contributed by atoms with Crippen LogP contribution in [-0.2, 0) is 15.3 Å². The van der Waals surface area contributed by atoms with Gasteiger partial charge < -0.3 is 4.90 Å². The molecule has 23 heavy (non-hydrogen) atoms. The molecule has 1 aliphatic rings. The summed E-state index contributed by atoms with van der Waals surface area (Å²) in [7, 11) is -1.28. The molecule has 1 aromatic rings. The summed E-state index contributed by atoms with van der Waals surface area (Å²) in [5.41, 5.74) is 3.84. The topological polar surface area (TPSA) is 54.5 Å². The molecule has 1 amide bonds. The van der Waals surface area contributed by atoms with E-state index in [-0.39, 0.29) is 28.9 Å². The first-order valence-corrected chi connectivity index (χ1v) is 9.84. The molecule has 1 saturated heterocycles. The van der Waals surface area contributed by atoms with Crippen molar-refractivity contribution in [3.05, 3.63) is 34.4 Å². The fraction of sp³-hybridized carbons (Fsp3) is 0.611. The van der Waals surface area contributed by atoms with Crippen LogP contribution in [-0.4, -0.2) is 43.8 Å². The molecule has 1 heterocycles. The van der Waals surface area contributed by atoms with Crippen molar-refractivity contribution in [3.63, 3.8) is 0 Å². The first kappa shape index (κ1) is 18.0. The number of sulfone groups is 1. The van der Waals surface area contributed by atoms with Crippen molar-refractivity contribution in [1.82, 2.24) is 4.90 Å². The third-order valence-corrected chi connectivity index (χ3v) is 6.44. The van der Waals surface area contributed by atoms with E-state index in [1.54, 1.807) is 11.9 Å². The summed E-state index contributed by atoms with van der Waals surface area (Å²) < 4.78 is 23.3. The van der Waals surface area contributed by atoms with E-state index in [1.165, 1.54) is 5.56 Å². The zero-order chi connectivity index (χ0) is 17.6. The quantitative estimate of drug-likeness (QED) is 0.834. The molecule has 0 bridgehead atoms. The summed E-state index contributed by atoms with van der Waals surface area (Å²) >= 11 is 0. The number of hydrogen-bond acceptors (Lipinski definition) is 3. The van der Waals surface area contributed by atoms with Gasteiger partial charge in [-0.1, -0.05) is 32.9 Å². The minimum Gasteiger partial charge on any atom is -0.338 e. The molecule has 1 fully saturated rings. The molecule has 1 aliphatic heterocycles. The van der Waals surface area contributed by atoms with Crippen LogP contribution in [0.4, 0.5) is 0 Å². The molecule has 0 aromatic heterocycles. The molecule has 1 unspecified atom stereocenters. The van der Waals surface area contributed by atoms with E-state index >= 15 is 0 Å². The minimum atomic E-state index is -3.00. The highest BCUT2D eigenvalue weighted by Crippen LogP contribution is 2.28. The number of rotatable bonds is 2. The van der Waals surface area contributed by atoms with Gasteiger partial charge in [-0.05, 0) is 42.4 Å². The molecular formula is C18H27NO3S. The standard InChI is InChI=1S/C18H27NO3S/c1-12-9-14(18(3,4)5)10-13(2)16(12)17(20)19(6)15-7-8-23(21,22)11-15/h9-10,15H,7-8,11H2,1-6H3. The van der Waals surface area contributed by atoms with Gasteiger partial charge in [0.2, 0.25) is 0 Å². The van der Waals surface area contributed by atoms with Gasteiger partial charge in [-0.3, -0.25) is 4.79 Å². The van der Waals surface area contributed by atoms with Gasteiger partial charge in [0, 0.05) is 18.7 Å². The number of carbonyl (C=O) groups is 1. The third-order valence-electron chi connectivity index (χ3n) is 4.69. The lowest BCUT2D eigenvalue weighted by atomic mass is 9.83. The predicted molar refractivity (Wildman–Crippen MR) is 93.8 cm³/mol. The maximum atomic E-state index is 12.9. The number of carbonyl (C=O) groups excluding carboxylic acids is 1. The smallest absolute Gasteiger partial charge is 0.254 e. The number of benzene rings is 1. The Bertz CT molecular complexity index is 706. The average Bonchev–Trinajstić information content (AvgIpc) is 2.76. The Morgan fingerprint density at radius 1 is 1.17 bits per heavy atom. The van der Waals surface area contributed by atoms with E-state index in [0.717, 1.165) is 11.1 Å². The Hall–Kier alpha value is -1.36. The second-order valence-electron chi connectivity index (χ2n) is 7.71. The van der Waals surface area contributed by atoms with Crippen molar-refractivity contribution in [2.45, 2.75) is 52.5 Å². The molecule has 1 aromatic carbocycles. The molecular weight excluding hydrogens is 310 g/mol. The summed E-state index contributed by atoms with van der Waals surface area (Å²) in [4.78, 5) is 14.5. The average molecular weight is 337 g/mol. The molecule has 0 spiro atoms. The first-order chi connectivity index (χ1) is 10.4. The Kier molecular flexibility index (Phi) is 4.64. The van der Waals surface area contributed by atoms with Crippen LogP contribution >= 0.6 is 0 Å². The second-order valence-corrected chi connectivity index (χ2v) is 9.94. The van der Waals surface area contributed by atoms with E-state index in [2.05, 4.69) is 32.9 Å².